The quantitative estimate of drug-likeness (QED) is 0.794. The van der Waals surface area contributed by atoms with Gasteiger partial charge in [0.2, 0.25) is 12.5 Å². The maximum Gasteiger partial charge on any atom is 0.273 e. The van der Waals surface area contributed by atoms with E-state index in [-0.39, 0.29) is 35.6 Å². The molecule has 0 aromatic carbocycles. The molecule has 0 bridgehead atoms. The number of carbonyl (C=O) groups excluding carboxylic acids is 2. The van der Waals surface area contributed by atoms with Gasteiger partial charge in [-0.3, -0.25) is 14.6 Å². The van der Waals surface area contributed by atoms with Crippen LogP contribution in [0.15, 0.2) is 18.6 Å². The molecule has 0 atom stereocenters. The molecule has 0 fully saturated rings. The highest BCUT2D eigenvalue weighted by atomic mass is 16.7. The van der Waals surface area contributed by atoms with Gasteiger partial charge in [-0.25, -0.2) is 9.97 Å². The minimum Gasteiger partial charge on any atom is -0.449 e. The minimum atomic E-state index is -1.00. The van der Waals surface area contributed by atoms with Crippen LogP contribution in [0.3, 0.4) is 0 Å². The van der Waals surface area contributed by atoms with Crippen molar-refractivity contribution in [3.63, 3.8) is 0 Å². The van der Waals surface area contributed by atoms with Gasteiger partial charge in [0.25, 0.3) is 17.7 Å². The molecule has 0 saturated carbocycles. The topological polar surface area (TPSA) is 128 Å². The summed E-state index contributed by atoms with van der Waals surface area (Å²) < 4.78 is 10.5. The van der Waals surface area contributed by atoms with E-state index >= 15 is 0 Å². The first kappa shape index (κ1) is 16.6. The van der Waals surface area contributed by atoms with Crippen LogP contribution in [0, 0.1) is 0 Å². The normalized spacial score (nSPS) is 12.6. The summed E-state index contributed by atoms with van der Waals surface area (Å²) in [5.41, 5.74) is -0.803. The van der Waals surface area contributed by atoms with Gasteiger partial charge in [0.15, 0.2) is 11.5 Å². The van der Waals surface area contributed by atoms with Gasteiger partial charge in [0.1, 0.15) is 5.69 Å². The molecule has 0 spiro atoms. The Morgan fingerprint density at radius 2 is 1.96 bits per heavy atom. The Morgan fingerprint density at radius 3 is 2.64 bits per heavy atom. The monoisotopic (exact) mass is 344 g/mol. The van der Waals surface area contributed by atoms with Gasteiger partial charge in [-0.05, 0) is 13.8 Å². The molecule has 0 unspecified atom stereocenters. The second-order valence-corrected chi connectivity index (χ2v) is 5.69. The molecule has 3 heterocycles. The van der Waals surface area contributed by atoms with Gasteiger partial charge in [-0.2, -0.15) is 4.98 Å². The lowest BCUT2D eigenvalue weighted by atomic mass is 10.0. The van der Waals surface area contributed by atoms with Gasteiger partial charge < -0.3 is 20.1 Å². The van der Waals surface area contributed by atoms with Crippen molar-refractivity contribution in [2.24, 2.45) is 0 Å². The lowest BCUT2D eigenvalue weighted by molar-refractivity contribution is 0.0902. The van der Waals surface area contributed by atoms with Crippen molar-refractivity contribution >= 4 is 11.8 Å². The lowest BCUT2D eigenvalue weighted by Crippen LogP contribution is -2.43. The number of rotatable bonds is 4. The standard InChI is InChI=1S/C15H16N6O4/c1-15(2,21-11(22)8-6-17-4-5-18-8)14-19-9(12(23)16-3)10-13(20-14)25-7-24-10/h4-6H,7H2,1-3H3,(H,16,23)(H,21,22). The summed E-state index contributed by atoms with van der Waals surface area (Å²) in [6.45, 7) is 3.35. The number of nitrogens with one attached hydrogen (secondary N) is 2. The molecule has 3 rings (SSSR count). The number of fused-ring (bicyclic) bond motifs is 1. The highest BCUT2D eigenvalue weighted by Gasteiger charge is 2.33. The summed E-state index contributed by atoms with van der Waals surface area (Å²) in [6.07, 6.45) is 4.24. The number of aromatic nitrogens is 4. The van der Waals surface area contributed by atoms with E-state index in [9.17, 15) is 9.59 Å². The van der Waals surface area contributed by atoms with Crippen LogP contribution in [-0.4, -0.2) is 45.6 Å². The van der Waals surface area contributed by atoms with E-state index in [1.165, 1.54) is 25.6 Å². The zero-order valence-electron chi connectivity index (χ0n) is 13.9. The van der Waals surface area contributed by atoms with Crippen LogP contribution >= 0.6 is 0 Å². The second kappa shape index (κ2) is 6.30. The van der Waals surface area contributed by atoms with Crippen molar-refractivity contribution in [3.8, 4) is 11.6 Å². The zero-order valence-corrected chi connectivity index (χ0v) is 13.9. The van der Waals surface area contributed by atoms with Crippen molar-refractivity contribution in [2.75, 3.05) is 13.8 Å². The van der Waals surface area contributed by atoms with E-state index < -0.39 is 17.4 Å². The number of amides is 2. The number of nitrogens with zero attached hydrogens (tertiary/aromatic N) is 4. The van der Waals surface area contributed by atoms with Crippen LogP contribution in [-0.2, 0) is 5.54 Å². The van der Waals surface area contributed by atoms with Gasteiger partial charge >= 0.3 is 0 Å². The van der Waals surface area contributed by atoms with Crippen molar-refractivity contribution in [1.29, 1.82) is 0 Å². The fourth-order valence-corrected chi connectivity index (χ4v) is 2.17. The average molecular weight is 344 g/mol. The van der Waals surface area contributed by atoms with Crippen molar-refractivity contribution in [2.45, 2.75) is 19.4 Å². The molecule has 2 amide bonds. The maximum absolute atomic E-state index is 12.3. The number of hydrogen-bond donors (Lipinski definition) is 2. The molecule has 10 nitrogen and oxygen atoms in total. The lowest BCUT2D eigenvalue weighted by Gasteiger charge is -2.25. The molecule has 10 heteroatoms. The Balaban J connectivity index is 1.94. The summed E-state index contributed by atoms with van der Waals surface area (Å²) in [5, 5.41) is 5.26. The number of hydrogen-bond acceptors (Lipinski definition) is 8. The molecule has 130 valence electrons. The molecular formula is C15H16N6O4. The highest BCUT2D eigenvalue weighted by molar-refractivity contribution is 5.95. The minimum absolute atomic E-state index is 0.0434. The first-order valence-electron chi connectivity index (χ1n) is 7.41. The van der Waals surface area contributed by atoms with Crippen molar-refractivity contribution in [1.82, 2.24) is 30.6 Å². The summed E-state index contributed by atoms with van der Waals surface area (Å²) >= 11 is 0. The van der Waals surface area contributed by atoms with E-state index in [4.69, 9.17) is 9.47 Å². The molecule has 2 N–H and O–H groups in total. The highest BCUT2D eigenvalue weighted by Crippen LogP contribution is 2.34. The smallest absolute Gasteiger partial charge is 0.273 e. The Hall–Kier alpha value is -3.30. The molecule has 0 saturated heterocycles. The van der Waals surface area contributed by atoms with Crippen molar-refractivity contribution in [3.05, 3.63) is 35.8 Å². The largest absolute Gasteiger partial charge is 0.449 e. The first-order valence-corrected chi connectivity index (χ1v) is 7.41. The molecule has 1 aliphatic heterocycles. The van der Waals surface area contributed by atoms with Crippen LogP contribution in [0.1, 0.15) is 40.6 Å². The van der Waals surface area contributed by atoms with E-state index in [1.807, 2.05) is 0 Å². The third-order valence-electron chi connectivity index (χ3n) is 3.46. The Labute approximate surface area is 143 Å². The average Bonchev–Trinajstić information content (AvgIpc) is 3.09. The molecule has 25 heavy (non-hydrogen) atoms. The van der Waals surface area contributed by atoms with Gasteiger partial charge in [0.05, 0.1) is 11.7 Å². The van der Waals surface area contributed by atoms with Crippen LogP contribution in [0.5, 0.6) is 11.6 Å². The SMILES string of the molecule is CNC(=O)c1nc(C(C)(C)NC(=O)c2cnccn2)nc2c1OCO2. The Kier molecular flexibility index (Phi) is 4.17. The molecular weight excluding hydrogens is 328 g/mol. The molecule has 2 aromatic heterocycles. The van der Waals surface area contributed by atoms with Crippen LogP contribution in [0.25, 0.3) is 0 Å². The van der Waals surface area contributed by atoms with E-state index in [1.54, 1.807) is 13.8 Å². The molecule has 2 aromatic rings. The van der Waals surface area contributed by atoms with Gasteiger partial charge in [-0.1, -0.05) is 0 Å². The van der Waals surface area contributed by atoms with Crippen LogP contribution < -0.4 is 20.1 Å². The van der Waals surface area contributed by atoms with E-state index in [0.717, 1.165) is 0 Å². The predicted octanol–water partition coefficient (Wildman–Crippen LogP) is 0.0200. The Bertz CT molecular complexity index is 824. The summed E-state index contributed by atoms with van der Waals surface area (Å²) in [6, 6.07) is 0. The van der Waals surface area contributed by atoms with Crippen LogP contribution in [0.2, 0.25) is 0 Å². The fourth-order valence-electron chi connectivity index (χ4n) is 2.17. The fraction of sp³-hybridized carbons (Fsp3) is 0.333. The predicted molar refractivity (Wildman–Crippen MR) is 84.1 cm³/mol. The van der Waals surface area contributed by atoms with E-state index in [2.05, 4.69) is 30.6 Å². The number of carbonyl (C=O) groups is 2. The summed E-state index contributed by atoms with van der Waals surface area (Å²) in [7, 11) is 1.48. The van der Waals surface area contributed by atoms with Gasteiger partial charge in [0, 0.05) is 19.4 Å². The van der Waals surface area contributed by atoms with E-state index in [0.29, 0.717) is 0 Å². The van der Waals surface area contributed by atoms with Crippen LogP contribution in [0.4, 0.5) is 0 Å². The summed E-state index contributed by atoms with van der Waals surface area (Å²) in [5.74, 6) is -0.348. The number of ether oxygens (including phenoxy) is 2. The molecule has 0 radical (unpaired) electrons. The third kappa shape index (κ3) is 3.18. The van der Waals surface area contributed by atoms with Gasteiger partial charge in [-0.15, -0.1) is 0 Å². The Morgan fingerprint density at radius 1 is 1.16 bits per heavy atom. The molecule has 0 aliphatic carbocycles. The second-order valence-electron chi connectivity index (χ2n) is 5.69. The first-order chi connectivity index (χ1) is 11.9. The zero-order chi connectivity index (χ0) is 18.0. The molecule has 1 aliphatic rings. The van der Waals surface area contributed by atoms with Crippen molar-refractivity contribution < 1.29 is 19.1 Å². The maximum atomic E-state index is 12.3. The summed E-state index contributed by atoms with van der Waals surface area (Å²) in [4.78, 5) is 40.7. The third-order valence-corrected chi connectivity index (χ3v) is 3.46.